The van der Waals surface area contributed by atoms with Gasteiger partial charge in [0.1, 0.15) is 0 Å². The second-order valence-corrected chi connectivity index (χ2v) is 4.72. The van der Waals surface area contributed by atoms with Gasteiger partial charge in [0, 0.05) is 17.7 Å². The summed E-state index contributed by atoms with van der Waals surface area (Å²) < 4.78 is 0. The molecule has 0 unspecified atom stereocenters. The van der Waals surface area contributed by atoms with Crippen molar-refractivity contribution in [3.05, 3.63) is 63.6 Å². The van der Waals surface area contributed by atoms with Crippen molar-refractivity contribution in [2.24, 2.45) is 0 Å². The van der Waals surface area contributed by atoms with Crippen molar-refractivity contribution in [2.75, 3.05) is 5.73 Å². The summed E-state index contributed by atoms with van der Waals surface area (Å²) in [6.45, 7) is 0. The first-order chi connectivity index (χ1) is 8.58. The summed E-state index contributed by atoms with van der Waals surface area (Å²) in [6.07, 6.45) is 0.211. The van der Waals surface area contributed by atoms with Gasteiger partial charge in [0.25, 0.3) is 0 Å². The maximum absolute atomic E-state index is 12.1. The summed E-state index contributed by atoms with van der Waals surface area (Å²) in [5, 5.41) is 0.881. The second-order valence-electron chi connectivity index (χ2n) is 3.94. The van der Waals surface area contributed by atoms with E-state index in [2.05, 4.69) is 0 Å². The number of carbonyl (C=O) groups excluding carboxylic acids is 1. The predicted molar refractivity (Wildman–Crippen MR) is 75.4 cm³/mol. The molecule has 0 fully saturated rings. The molecule has 0 bridgehead atoms. The van der Waals surface area contributed by atoms with Crippen LogP contribution in [0.15, 0.2) is 42.5 Å². The Morgan fingerprint density at radius 1 is 1.11 bits per heavy atom. The van der Waals surface area contributed by atoms with Crippen molar-refractivity contribution < 1.29 is 4.79 Å². The maximum atomic E-state index is 12.1. The Morgan fingerprint density at radius 2 is 1.83 bits per heavy atom. The summed E-state index contributed by atoms with van der Waals surface area (Å²) in [5.41, 5.74) is 7.51. The quantitative estimate of drug-likeness (QED) is 0.682. The van der Waals surface area contributed by atoms with Crippen LogP contribution < -0.4 is 5.73 Å². The molecule has 4 heteroatoms. The first-order valence-electron chi connectivity index (χ1n) is 5.39. The van der Waals surface area contributed by atoms with Crippen molar-refractivity contribution in [3.8, 4) is 0 Å². The van der Waals surface area contributed by atoms with E-state index >= 15 is 0 Å². The number of hydrogen-bond donors (Lipinski definition) is 1. The van der Waals surface area contributed by atoms with Crippen LogP contribution >= 0.6 is 23.2 Å². The normalized spacial score (nSPS) is 10.3. The van der Waals surface area contributed by atoms with Crippen molar-refractivity contribution in [1.29, 1.82) is 0 Å². The van der Waals surface area contributed by atoms with Gasteiger partial charge in [-0.25, -0.2) is 0 Å². The van der Waals surface area contributed by atoms with Gasteiger partial charge in [-0.05, 0) is 23.8 Å². The SMILES string of the molecule is Nc1cccc(C(=O)Cc2cccc(Cl)c2Cl)c1. The molecule has 0 aliphatic rings. The lowest BCUT2D eigenvalue weighted by atomic mass is 10.0. The van der Waals surface area contributed by atoms with Gasteiger partial charge in [-0.3, -0.25) is 4.79 Å². The zero-order chi connectivity index (χ0) is 13.1. The van der Waals surface area contributed by atoms with Crippen molar-refractivity contribution in [3.63, 3.8) is 0 Å². The van der Waals surface area contributed by atoms with Gasteiger partial charge in [0.15, 0.2) is 5.78 Å². The highest BCUT2D eigenvalue weighted by Gasteiger charge is 2.11. The average molecular weight is 280 g/mol. The zero-order valence-electron chi connectivity index (χ0n) is 9.49. The third-order valence-corrected chi connectivity index (χ3v) is 3.45. The lowest BCUT2D eigenvalue weighted by Crippen LogP contribution is -2.04. The highest BCUT2D eigenvalue weighted by Crippen LogP contribution is 2.26. The molecule has 2 aromatic carbocycles. The summed E-state index contributed by atoms with van der Waals surface area (Å²) in [6, 6.07) is 12.1. The van der Waals surface area contributed by atoms with Crippen LogP contribution in [0.1, 0.15) is 15.9 Å². The average Bonchev–Trinajstić information content (AvgIpc) is 2.35. The van der Waals surface area contributed by atoms with Crippen LogP contribution in [-0.2, 0) is 6.42 Å². The number of rotatable bonds is 3. The molecule has 18 heavy (non-hydrogen) atoms. The Kier molecular flexibility index (Phi) is 3.90. The zero-order valence-corrected chi connectivity index (χ0v) is 11.0. The molecule has 0 radical (unpaired) electrons. The fraction of sp³-hybridized carbons (Fsp3) is 0.0714. The van der Waals surface area contributed by atoms with Gasteiger partial charge >= 0.3 is 0 Å². The summed E-state index contributed by atoms with van der Waals surface area (Å²) >= 11 is 12.0. The molecule has 92 valence electrons. The number of anilines is 1. The fourth-order valence-corrected chi connectivity index (χ4v) is 2.06. The van der Waals surface area contributed by atoms with Gasteiger partial charge in [-0.1, -0.05) is 47.5 Å². The van der Waals surface area contributed by atoms with E-state index in [1.807, 2.05) is 0 Å². The molecule has 2 rings (SSSR count). The Labute approximate surface area is 115 Å². The minimum Gasteiger partial charge on any atom is -0.399 e. The van der Waals surface area contributed by atoms with Crippen LogP contribution in [0.25, 0.3) is 0 Å². The smallest absolute Gasteiger partial charge is 0.167 e. The topological polar surface area (TPSA) is 43.1 Å². The molecule has 0 spiro atoms. The molecule has 2 aromatic rings. The summed E-state index contributed by atoms with van der Waals surface area (Å²) in [4.78, 5) is 12.1. The van der Waals surface area contributed by atoms with Gasteiger partial charge in [-0.15, -0.1) is 0 Å². The molecule has 2 N–H and O–H groups in total. The number of Topliss-reactive ketones (excluding diaryl/α,β-unsaturated/α-hetero) is 1. The molecule has 2 nitrogen and oxygen atoms in total. The Bertz CT molecular complexity index is 596. The number of carbonyl (C=O) groups is 1. The van der Waals surface area contributed by atoms with E-state index in [1.165, 1.54) is 0 Å². The van der Waals surface area contributed by atoms with Gasteiger partial charge in [0.05, 0.1) is 10.0 Å². The van der Waals surface area contributed by atoms with Gasteiger partial charge in [0.2, 0.25) is 0 Å². The third-order valence-electron chi connectivity index (χ3n) is 2.59. The van der Waals surface area contributed by atoms with Crippen molar-refractivity contribution in [2.45, 2.75) is 6.42 Å². The van der Waals surface area contributed by atoms with Gasteiger partial charge < -0.3 is 5.73 Å². The largest absolute Gasteiger partial charge is 0.399 e. The first kappa shape index (κ1) is 12.9. The number of nitrogens with two attached hydrogens (primary N) is 1. The van der Waals surface area contributed by atoms with Crippen LogP contribution in [0, 0.1) is 0 Å². The molecule has 0 saturated heterocycles. The van der Waals surface area contributed by atoms with E-state index in [9.17, 15) is 4.79 Å². The van der Waals surface area contributed by atoms with E-state index in [0.717, 1.165) is 5.56 Å². The van der Waals surface area contributed by atoms with Crippen molar-refractivity contribution >= 4 is 34.7 Å². The minimum absolute atomic E-state index is 0.0357. The van der Waals surface area contributed by atoms with E-state index in [0.29, 0.717) is 21.3 Å². The molecule has 0 atom stereocenters. The molecular formula is C14H11Cl2NO. The number of ketones is 1. The van der Waals surface area contributed by atoms with E-state index < -0.39 is 0 Å². The fourth-order valence-electron chi connectivity index (χ4n) is 1.67. The Hall–Kier alpha value is -1.51. The number of hydrogen-bond acceptors (Lipinski definition) is 2. The summed E-state index contributed by atoms with van der Waals surface area (Å²) in [7, 11) is 0. The van der Waals surface area contributed by atoms with Crippen molar-refractivity contribution in [1.82, 2.24) is 0 Å². The van der Waals surface area contributed by atoms with Crippen LogP contribution in [0.2, 0.25) is 10.0 Å². The summed E-state index contributed by atoms with van der Waals surface area (Å²) in [5.74, 6) is -0.0357. The third kappa shape index (κ3) is 2.84. The van der Waals surface area contributed by atoms with E-state index in [1.54, 1.807) is 42.5 Å². The second kappa shape index (κ2) is 5.42. The molecule has 0 amide bonds. The molecule has 0 aliphatic carbocycles. The molecule has 0 aromatic heterocycles. The molecule has 0 saturated carbocycles. The maximum Gasteiger partial charge on any atom is 0.167 e. The van der Waals surface area contributed by atoms with E-state index in [-0.39, 0.29) is 12.2 Å². The standard InChI is InChI=1S/C14H11Cl2NO/c15-12-6-2-4-10(14(12)16)8-13(18)9-3-1-5-11(17)7-9/h1-7H,8,17H2. The monoisotopic (exact) mass is 279 g/mol. The Balaban J connectivity index is 2.24. The number of nitrogen functional groups attached to an aromatic ring is 1. The molecular weight excluding hydrogens is 269 g/mol. The highest BCUT2D eigenvalue weighted by atomic mass is 35.5. The van der Waals surface area contributed by atoms with Crippen LogP contribution in [0.3, 0.4) is 0 Å². The molecule has 0 aliphatic heterocycles. The minimum atomic E-state index is -0.0357. The molecule has 0 heterocycles. The van der Waals surface area contributed by atoms with E-state index in [4.69, 9.17) is 28.9 Å². The first-order valence-corrected chi connectivity index (χ1v) is 6.15. The lowest BCUT2D eigenvalue weighted by Gasteiger charge is -2.05. The Morgan fingerprint density at radius 3 is 2.56 bits per heavy atom. The predicted octanol–water partition coefficient (Wildman–Crippen LogP) is 4.00. The highest BCUT2D eigenvalue weighted by molar-refractivity contribution is 6.42. The van der Waals surface area contributed by atoms with Crippen LogP contribution in [-0.4, -0.2) is 5.78 Å². The van der Waals surface area contributed by atoms with Crippen LogP contribution in [0.4, 0.5) is 5.69 Å². The number of benzene rings is 2. The van der Waals surface area contributed by atoms with Gasteiger partial charge in [-0.2, -0.15) is 0 Å². The number of halogens is 2. The lowest BCUT2D eigenvalue weighted by molar-refractivity contribution is 0.0993. The van der Waals surface area contributed by atoms with Crippen LogP contribution in [0.5, 0.6) is 0 Å².